The molecule has 0 saturated carbocycles. The van der Waals surface area contributed by atoms with Crippen molar-refractivity contribution < 1.29 is 9.90 Å². The lowest BCUT2D eigenvalue weighted by atomic mass is 9.84. The molecular weight excluding hydrogens is 212 g/mol. The van der Waals surface area contributed by atoms with Crippen molar-refractivity contribution in [1.82, 2.24) is 0 Å². The molecule has 0 bridgehead atoms. The van der Waals surface area contributed by atoms with Crippen LogP contribution in [0.3, 0.4) is 0 Å². The first kappa shape index (κ1) is 12.1. The summed E-state index contributed by atoms with van der Waals surface area (Å²) in [5.41, 5.74) is 1.21. The molecule has 3 heteroatoms. The van der Waals surface area contributed by atoms with Crippen LogP contribution in [0.25, 0.3) is 0 Å². The molecule has 1 N–H and O–H groups in total. The van der Waals surface area contributed by atoms with Gasteiger partial charge in [0.1, 0.15) is 0 Å². The average molecular weight is 227 g/mol. The average Bonchev–Trinajstić information content (AvgIpc) is 2.12. The van der Waals surface area contributed by atoms with Gasteiger partial charge in [0.25, 0.3) is 0 Å². The molecular formula is C12H15ClO2. The Labute approximate surface area is 94.9 Å². The monoisotopic (exact) mass is 226 g/mol. The molecule has 1 rings (SSSR count). The number of hydrogen-bond acceptors (Lipinski definition) is 1. The van der Waals surface area contributed by atoms with Crippen molar-refractivity contribution in [3.8, 4) is 0 Å². The van der Waals surface area contributed by atoms with Gasteiger partial charge in [-0.25, -0.2) is 0 Å². The third-order valence-corrected chi connectivity index (χ3v) is 3.00. The maximum Gasteiger partial charge on any atom is 0.309 e. The normalized spacial score (nSPS) is 11.5. The van der Waals surface area contributed by atoms with Gasteiger partial charge in [-0.05, 0) is 44.4 Å². The summed E-state index contributed by atoms with van der Waals surface area (Å²) in [5.74, 6) is -0.790. The molecule has 2 nitrogen and oxygen atoms in total. The Morgan fingerprint density at radius 2 is 2.07 bits per heavy atom. The molecule has 0 radical (unpaired) electrons. The zero-order valence-electron chi connectivity index (χ0n) is 9.17. The zero-order valence-corrected chi connectivity index (χ0v) is 9.93. The molecule has 0 unspecified atom stereocenters. The molecule has 0 aliphatic carbocycles. The van der Waals surface area contributed by atoms with Crippen LogP contribution in [-0.4, -0.2) is 11.1 Å². The quantitative estimate of drug-likeness (QED) is 0.859. The maximum atomic E-state index is 11.0. The lowest BCUT2D eigenvalue weighted by Gasteiger charge is -2.20. The van der Waals surface area contributed by atoms with Crippen LogP contribution in [0.5, 0.6) is 0 Å². The highest BCUT2D eigenvalue weighted by Crippen LogP contribution is 2.27. The van der Waals surface area contributed by atoms with Crippen LogP contribution in [0.15, 0.2) is 18.2 Å². The zero-order chi connectivity index (χ0) is 11.6. The summed E-state index contributed by atoms with van der Waals surface area (Å²) in [6.07, 6.45) is 0.495. The number of aliphatic carboxylic acids is 1. The van der Waals surface area contributed by atoms with E-state index >= 15 is 0 Å². The summed E-state index contributed by atoms with van der Waals surface area (Å²) in [7, 11) is 0. The number of hydrogen-bond donors (Lipinski definition) is 1. The Kier molecular flexibility index (Phi) is 3.40. The molecule has 0 fully saturated rings. The molecule has 0 aliphatic heterocycles. The van der Waals surface area contributed by atoms with Crippen molar-refractivity contribution in [3.05, 3.63) is 34.3 Å². The van der Waals surface area contributed by atoms with Crippen molar-refractivity contribution in [2.45, 2.75) is 27.2 Å². The van der Waals surface area contributed by atoms with Crippen LogP contribution < -0.4 is 0 Å². The molecule has 0 heterocycles. The van der Waals surface area contributed by atoms with Crippen LogP contribution in [-0.2, 0) is 11.2 Å². The van der Waals surface area contributed by atoms with Crippen LogP contribution >= 0.6 is 11.6 Å². The van der Waals surface area contributed by atoms with Gasteiger partial charge in [0.05, 0.1) is 5.41 Å². The fourth-order valence-corrected chi connectivity index (χ4v) is 1.59. The Morgan fingerprint density at radius 1 is 1.47 bits per heavy atom. The van der Waals surface area contributed by atoms with Gasteiger partial charge < -0.3 is 5.11 Å². The number of benzene rings is 1. The summed E-state index contributed by atoms with van der Waals surface area (Å²) in [5, 5.41) is 9.72. The standard InChI is InChI=1S/C12H15ClO2/c1-8-9(5-4-6-10(8)13)7-12(2,3)11(14)15/h4-6H,7H2,1-3H3,(H,14,15). The molecule has 0 saturated heterocycles. The third kappa shape index (κ3) is 2.72. The first-order valence-corrected chi connectivity index (χ1v) is 5.20. The number of rotatable bonds is 3. The first-order chi connectivity index (χ1) is 6.84. The predicted octanol–water partition coefficient (Wildman–Crippen LogP) is 3.30. The SMILES string of the molecule is Cc1c(Cl)cccc1CC(C)(C)C(=O)O. The molecule has 0 aromatic heterocycles. The van der Waals surface area contributed by atoms with Gasteiger partial charge in [-0.3, -0.25) is 4.79 Å². The van der Waals surface area contributed by atoms with Gasteiger partial charge in [-0.2, -0.15) is 0 Å². The van der Waals surface area contributed by atoms with Gasteiger partial charge in [0, 0.05) is 5.02 Å². The van der Waals surface area contributed by atoms with Crippen molar-refractivity contribution in [2.24, 2.45) is 5.41 Å². The second kappa shape index (κ2) is 4.23. The van der Waals surface area contributed by atoms with Gasteiger partial charge in [0.15, 0.2) is 0 Å². The van der Waals surface area contributed by atoms with E-state index in [1.165, 1.54) is 0 Å². The van der Waals surface area contributed by atoms with Crippen molar-refractivity contribution >= 4 is 17.6 Å². The Bertz CT molecular complexity index is 383. The molecule has 0 spiro atoms. The Morgan fingerprint density at radius 3 is 2.60 bits per heavy atom. The number of carboxylic acid groups (broad SMARTS) is 1. The smallest absolute Gasteiger partial charge is 0.309 e. The van der Waals surface area contributed by atoms with Crippen LogP contribution in [0.1, 0.15) is 25.0 Å². The molecule has 1 aromatic rings. The van der Waals surface area contributed by atoms with Crippen LogP contribution in [0.4, 0.5) is 0 Å². The molecule has 0 aliphatic rings. The molecule has 15 heavy (non-hydrogen) atoms. The van der Waals surface area contributed by atoms with Crippen LogP contribution in [0, 0.1) is 12.3 Å². The van der Waals surface area contributed by atoms with E-state index in [9.17, 15) is 4.79 Å². The van der Waals surface area contributed by atoms with Gasteiger partial charge in [0.2, 0.25) is 0 Å². The highest BCUT2D eigenvalue weighted by molar-refractivity contribution is 6.31. The van der Waals surface area contributed by atoms with E-state index < -0.39 is 11.4 Å². The maximum absolute atomic E-state index is 11.0. The third-order valence-electron chi connectivity index (χ3n) is 2.59. The van der Waals surface area contributed by atoms with E-state index in [0.717, 1.165) is 11.1 Å². The second-order valence-electron chi connectivity index (χ2n) is 4.39. The van der Waals surface area contributed by atoms with E-state index in [4.69, 9.17) is 16.7 Å². The topological polar surface area (TPSA) is 37.3 Å². The summed E-state index contributed by atoms with van der Waals surface area (Å²) in [6, 6.07) is 5.59. The summed E-state index contributed by atoms with van der Waals surface area (Å²) in [6.45, 7) is 5.35. The van der Waals surface area contributed by atoms with E-state index in [-0.39, 0.29) is 0 Å². The molecule has 82 valence electrons. The predicted molar refractivity (Wildman–Crippen MR) is 61.3 cm³/mol. The van der Waals surface area contributed by atoms with Crippen molar-refractivity contribution in [1.29, 1.82) is 0 Å². The van der Waals surface area contributed by atoms with E-state index in [2.05, 4.69) is 0 Å². The minimum Gasteiger partial charge on any atom is -0.481 e. The lowest BCUT2D eigenvalue weighted by molar-refractivity contribution is -0.146. The van der Waals surface area contributed by atoms with Gasteiger partial charge in [-0.1, -0.05) is 23.7 Å². The second-order valence-corrected chi connectivity index (χ2v) is 4.80. The van der Waals surface area contributed by atoms with Crippen molar-refractivity contribution in [2.75, 3.05) is 0 Å². The summed E-state index contributed by atoms with van der Waals surface area (Å²) < 4.78 is 0. The van der Waals surface area contributed by atoms with Crippen molar-refractivity contribution in [3.63, 3.8) is 0 Å². The van der Waals surface area contributed by atoms with Crippen LogP contribution in [0.2, 0.25) is 5.02 Å². The fourth-order valence-electron chi connectivity index (χ4n) is 1.40. The minimum atomic E-state index is -0.790. The van der Waals surface area contributed by atoms with E-state index in [0.29, 0.717) is 11.4 Å². The fraction of sp³-hybridized carbons (Fsp3) is 0.417. The highest BCUT2D eigenvalue weighted by Gasteiger charge is 2.27. The first-order valence-electron chi connectivity index (χ1n) is 4.82. The Hall–Kier alpha value is -1.02. The Balaban J connectivity index is 3.00. The number of carboxylic acids is 1. The lowest BCUT2D eigenvalue weighted by Crippen LogP contribution is -2.26. The molecule has 0 amide bonds. The molecule has 0 atom stereocenters. The van der Waals surface area contributed by atoms with Gasteiger partial charge in [-0.15, -0.1) is 0 Å². The largest absolute Gasteiger partial charge is 0.481 e. The molecule has 1 aromatic carbocycles. The summed E-state index contributed by atoms with van der Waals surface area (Å²) >= 11 is 5.97. The summed E-state index contributed by atoms with van der Waals surface area (Å²) in [4.78, 5) is 11.0. The number of halogens is 1. The van der Waals surface area contributed by atoms with E-state index in [1.54, 1.807) is 13.8 Å². The number of carbonyl (C=O) groups is 1. The van der Waals surface area contributed by atoms with E-state index in [1.807, 2.05) is 25.1 Å². The minimum absolute atomic E-state index is 0.495. The van der Waals surface area contributed by atoms with Gasteiger partial charge >= 0.3 is 5.97 Å². The highest BCUT2D eigenvalue weighted by atomic mass is 35.5.